The van der Waals surface area contributed by atoms with Gasteiger partial charge in [0.05, 0.1) is 0 Å². The number of hydrogen-bond donors (Lipinski definition) is 0. The van der Waals surface area contributed by atoms with Crippen LogP contribution in [0.1, 0.15) is 53.9 Å². The summed E-state index contributed by atoms with van der Waals surface area (Å²) in [4.78, 5) is 2.62. The largest absolute Gasteiger partial charge is 0.299 e. The van der Waals surface area contributed by atoms with E-state index >= 15 is 0 Å². The van der Waals surface area contributed by atoms with Gasteiger partial charge < -0.3 is 0 Å². The molecule has 1 saturated heterocycles. The predicted molar refractivity (Wildman–Crippen MR) is 73.1 cm³/mol. The van der Waals surface area contributed by atoms with Gasteiger partial charge in [-0.3, -0.25) is 4.90 Å². The van der Waals surface area contributed by atoms with Crippen molar-refractivity contribution in [2.24, 2.45) is 11.3 Å². The zero-order valence-corrected chi connectivity index (χ0v) is 12.3. The minimum atomic E-state index is 0.282. The predicted octanol–water partition coefficient (Wildman–Crippen LogP) is 4.15. The van der Waals surface area contributed by atoms with Crippen LogP contribution in [0.2, 0.25) is 0 Å². The lowest BCUT2D eigenvalue weighted by molar-refractivity contribution is 0.216. The van der Waals surface area contributed by atoms with Crippen LogP contribution in [0.3, 0.4) is 0 Å². The van der Waals surface area contributed by atoms with Crippen molar-refractivity contribution in [3.8, 4) is 0 Å². The van der Waals surface area contributed by atoms with Crippen molar-refractivity contribution in [1.29, 1.82) is 0 Å². The lowest BCUT2D eigenvalue weighted by Gasteiger charge is -2.27. The first-order chi connectivity index (χ1) is 7.36. The SMILES string of the molecule is CCCCN1C[C@H](C(C)(C)C)C[C@@H]1C(C)Cl. The minimum Gasteiger partial charge on any atom is -0.299 e. The third-order valence-electron chi connectivity index (χ3n) is 4.00. The number of nitrogens with zero attached hydrogens (tertiary/aromatic N) is 1. The third-order valence-corrected chi connectivity index (χ3v) is 4.29. The minimum absolute atomic E-state index is 0.282. The fourth-order valence-electron chi connectivity index (χ4n) is 2.66. The maximum atomic E-state index is 6.33. The molecule has 0 radical (unpaired) electrons. The maximum absolute atomic E-state index is 6.33. The Kier molecular flexibility index (Phi) is 5.12. The van der Waals surface area contributed by atoms with Crippen LogP contribution >= 0.6 is 11.6 Å². The van der Waals surface area contributed by atoms with Gasteiger partial charge in [0.1, 0.15) is 0 Å². The third kappa shape index (κ3) is 3.63. The van der Waals surface area contributed by atoms with Crippen LogP contribution in [0.25, 0.3) is 0 Å². The molecule has 1 rings (SSSR count). The molecule has 0 aromatic rings. The molecule has 0 saturated carbocycles. The Morgan fingerprint density at radius 3 is 2.44 bits per heavy atom. The summed E-state index contributed by atoms with van der Waals surface area (Å²) in [5.74, 6) is 0.801. The summed E-state index contributed by atoms with van der Waals surface area (Å²) in [6, 6.07) is 0.595. The van der Waals surface area contributed by atoms with Crippen molar-refractivity contribution in [3.63, 3.8) is 0 Å². The van der Waals surface area contributed by atoms with Gasteiger partial charge in [-0.2, -0.15) is 0 Å². The lowest BCUT2D eigenvalue weighted by atomic mass is 9.79. The molecule has 1 aliphatic heterocycles. The number of rotatable bonds is 4. The molecule has 0 amide bonds. The Morgan fingerprint density at radius 1 is 1.38 bits per heavy atom. The topological polar surface area (TPSA) is 3.24 Å². The molecule has 1 heterocycles. The van der Waals surface area contributed by atoms with E-state index in [1.165, 1.54) is 32.4 Å². The highest BCUT2D eigenvalue weighted by atomic mass is 35.5. The lowest BCUT2D eigenvalue weighted by Crippen LogP contribution is -2.35. The van der Waals surface area contributed by atoms with Crippen LogP contribution in [0, 0.1) is 11.3 Å². The van der Waals surface area contributed by atoms with Crippen molar-refractivity contribution in [2.45, 2.75) is 65.3 Å². The maximum Gasteiger partial charge on any atom is 0.0463 e. The van der Waals surface area contributed by atoms with Crippen LogP contribution in [0.15, 0.2) is 0 Å². The molecule has 3 atom stereocenters. The normalized spacial score (nSPS) is 29.6. The molecule has 96 valence electrons. The molecule has 2 heteroatoms. The van der Waals surface area contributed by atoms with E-state index < -0.39 is 0 Å². The first-order valence-electron chi connectivity index (χ1n) is 6.74. The van der Waals surface area contributed by atoms with Gasteiger partial charge in [0, 0.05) is 18.0 Å². The quantitative estimate of drug-likeness (QED) is 0.673. The molecule has 0 spiro atoms. The van der Waals surface area contributed by atoms with Crippen LogP contribution in [-0.2, 0) is 0 Å². The van der Waals surface area contributed by atoms with Crippen LogP contribution in [-0.4, -0.2) is 29.4 Å². The molecule has 0 bridgehead atoms. The van der Waals surface area contributed by atoms with Gasteiger partial charge in [-0.25, -0.2) is 0 Å². The van der Waals surface area contributed by atoms with Gasteiger partial charge in [0.25, 0.3) is 0 Å². The summed E-state index contributed by atoms with van der Waals surface area (Å²) >= 11 is 6.33. The second-order valence-corrected chi connectivity index (χ2v) is 7.08. The highest BCUT2D eigenvalue weighted by Gasteiger charge is 2.39. The molecule has 1 nitrogen and oxygen atoms in total. The molecule has 0 aromatic heterocycles. The number of halogens is 1. The number of alkyl halides is 1. The van der Waals surface area contributed by atoms with Crippen molar-refractivity contribution >= 4 is 11.6 Å². The van der Waals surface area contributed by atoms with E-state index in [9.17, 15) is 0 Å². The first kappa shape index (κ1) is 14.3. The number of unbranched alkanes of at least 4 members (excludes halogenated alkanes) is 1. The fraction of sp³-hybridized carbons (Fsp3) is 1.00. The Hall–Kier alpha value is 0.250. The fourth-order valence-corrected chi connectivity index (χ4v) is 2.92. The summed E-state index contributed by atoms with van der Waals surface area (Å²) < 4.78 is 0. The van der Waals surface area contributed by atoms with Crippen molar-refractivity contribution in [2.75, 3.05) is 13.1 Å². The molecule has 0 aromatic carbocycles. The van der Waals surface area contributed by atoms with Crippen LogP contribution < -0.4 is 0 Å². The summed E-state index contributed by atoms with van der Waals surface area (Å²) in [5.41, 5.74) is 0.422. The Labute approximate surface area is 107 Å². The van der Waals surface area contributed by atoms with Gasteiger partial charge in [-0.1, -0.05) is 34.1 Å². The second kappa shape index (κ2) is 5.73. The average molecular weight is 246 g/mol. The highest BCUT2D eigenvalue weighted by Crippen LogP contribution is 2.38. The zero-order valence-electron chi connectivity index (χ0n) is 11.6. The van der Waals surface area contributed by atoms with E-state index in [0.29, 0.717) is 11.5 Å². The van der Waals surface area contributed by atoms with E-state index in [1.807, 2.05) is 0 Å². The Morgan fingerprint density at radius 2 is 2.00 bits per heavy atom. The summed E-state index contributed by atoms with van der Waals surface area (Å²) in [5, 5.41) is 0.282. The Balaban J connectivity index is 2.61. The molecule has 0 N–H and O–H groups in total. The summed E-state index contributed by atoms with van der Waals surface area (Å²) in [6.07, 6.45) is 3.86. The molecule has 1 fully saturated rings. The standard InChI is InChI=1S/C14H28ClN/c1-6-7-8-16-10-12(14(3,4)5)9-13(16)11(2)15/h11-13H,6-10H2,1-5H3/t11?,12-,13-/m1/s1. The number of likely N-dealkylation sites (tertiary alicyclic amines) is 1. The van der Waals surface area contributed by atoms with Crippen LogP contribution in [0.4, 0.5) is 0 Å². The van der Waals surface area contributed by atoms with Gasteiger partial charge >= 0.3 is 0 Å². The summed E-state index contributed by atoms with van der Waals surface area (Å²) in [7, 11) is 0. The van der Waals surface area contributed by atoms with E-state index in [2.05, 4.69) is 39.5 Å². The van der Waals surface area contributed by atoms with Gasteiger partial charge in [0.2, 0.25) is 0 Å². The zero-order chi connectivity index (χ0) is 12.3. The molecular formula is C14H28ClN. The van der Waals surface area contributed by atoms with E-state index in [0.717, 1.165) is 5.92 Å². The van der Waals surface area contributed by atoms with Crippen molar-refractivity contribution in [1.82, 2.24) is 4.90 Å². The summed E-state index contributed by atoms with van der Waals surface area (Å²) in [6.45, 7) is 14.0. The van der Waals surface area contributed by atoms with Crippen molar-refractivity contribution in [3.05, 3.63) is 0 Å². The van der Waals surface area contributed by atoms with E-state index in [1.54, 1.807) is 0 Å². The van der Waals surface area contributed by atoms with E-state index in [4.69, 9.17) is 11.6 Å². The number of hydrogen-bond acceptors (Lipinski definition) is 1. The average Bonchev–Trinajstić information content (AvgIpc) is 2.57. The first-order valence-corrected chi connectivity index (χ1v) is 7.18. The van der Waals surface area contributed by atoms with Crippen LogP contribution in [0.5, 0.6) is 0 Å². The van der Waals surface area contributed by atoms with E-state index in [-0.39, 0.29) is 5.38 Å². The highest BCUT2D eigenvalue weighted by molar-refractivity contribution is 6.20. The molecule has 0 aliphatic carbocycles. The second-order valence-electron chi connectivity index (χ2n) is 6.39. The van der Waals surface area contributed by atoms with Gasteiger partial charge in [0.15, 0.2) is 0 Å². The smallest absolute Gasteiger partial charge is 0.0463 e. The molecular weight excluding hydrogens is 218 g/mol. The van der Waals surface area contributed by atoms with Crippen molar-refractivity contribution < 1.29 is 0 Å². The molecule has 1 unspecified atom stereocenters. The molecule has 1 aliphatic rings. The van der Waals surface area contributed by atoms with Gasteiger partial charge in [-0.15, -0.1) is 11.6 Å². The molecule has 16 heavy (non-hydrogen) atoms. The van der Waals surface area contributed by atoms with Gasteiger partial charge in [-0.05, 0) is 37.6 Å². The Bertz CT molecular complexity index is 207. The monoisotopic (exact) mass is 245 g/mol.